The number of ether oxygens (including phenoxy) is 1. The number of thioether (sulfide) groups is 1. The molecule has 0 saturated heterocycles. The van der Waals surface area contributed by atoms with Gasteiger partial charge in [-0.1, -0.05) is 18.2 Å². The summed E-state index contributed by atoms with van der Waals surface area (Å²) in [6, 6.07) is 18.6. The molecule has 3 aromatic rings. The molecule has 1 heterocycles. The first-order chi connectivity index (χ1) is 12.7. The van der Waals surface area contributed by atoms with Crippen LogP contribution < -0.4 is 10.1 Å². The number of methoxy groups -OCH3 is 1. The highest BCUT2D eigenvalue weighted by molar-refractivity contribution is 7.98. The van der Waals surface area contributed by atoms with Gasteiger partial charge in [0.1, 0.15) is 5.75 Å². The van der Waals surface area contributed by atoms with E-state index in [4.69, 9.17) is 10.00 Å². The monoisotopic (exact) mass is 380 g/mol. The van der Waals surface area contributed by atoms with Crippen LogP contribution in [0.2, 0.25) is 0 Å². The number of nitrogens with one attached hydrogen (secondary N) is 1. The molecule has 0 fully saturated rings. The maximum absolute atomic E-state index is 12.8. The van der Waals surface area contributed by atoms with Gasteiger partial charge in [-0.25, -0.2) is 0 Å². The van der Waals surface area contributed by atoms with Crippen LogP contribution in [-0.4, -0.2) is 13.0 Å². The second-order valence-corrected chi connectivity index (χ2v) is 7.39. The van der Waals surface area contributed by atoms with Gasteiger partial charge in [-0.15, -0.1) is 23.1 Å². The zero-order valence-electron chi connectivity index (χ0n) is 14.1. The first-order valence-corrected chi connectivity index (χ1v) is 9.71. The molecule has 0 aliphatic heterocycles. The molecular formula is C20H16N2O2S2. The minimum Gasteiger partial charge on any atom is -0.495 e. The van der Waals surface area contributed by atoms with E-state index in [9.17, 15) is 4.79 Å². The highest BCUT2D eigenvalue weighted by atomic mass is 32.2. The fourth-order valence-electron chi connectivity index (χ4n) is 2.39. The predicted molar refractivity (Wildman–Crippen MR) is 106 cm³/mol. The Balaban J connectivity index is 1.81. The van der Waals surface area contributed by atoms with Gasteiger partial charge >= 0.3 is 0 Å². The lowest BCUT2D eigenvalue weighted by Crippen LogP contribution is -2.13. The zero-order valence-corrected chi connectivity index (χ0v) is 15.7. The van der Waals surface area contributed by atoms with Gasteiger partial charge in [0.2, 0.25) is 0 Å². The molecule has 2 aromatic carbocycles. The highest BCUT2D eigenvalue weighted by Crippen LogP contribution is 2.30. The van der Waals surface area contributed by atoms with Crippen molar-refractivity contribution in [3.05, 3.63) is 76.0 Å². The van der Waals surface area contributed by atoms with Crippen molar-refractivity contribution in [2.45, 2.75) is 10.6 Å². The lowest BCUT2D eigenvalue weighted by atomic mass is 10.1. The number of anilines is 1. The van der Waals surface area contributed by atoms with Crippen molar-refractivity contribution in [2.75, 3.05) is 12.4 Å². The molecule has 0 atom stereocenters. The van der Waals surface area contributed by atoms with Crippen LogP contribution in [0.1, 0.15) is 20.8 Å². The lowest BCUT2D eigenvalue weighted by molar-refractivity contribution is 0.102. The number of carbonyl (C=O) groups is 1. The minimum absolute atomic E-state index is 0.229. The van der Waals surface area contributed by atoms with Crippen LogP contribution in [0.3, 0.4) is 0 Å². The van der Waals surface area contributed by atoms with Gasteiger partial charge in [0.05, 0.1) is 30.0 Å². The van der Waals surface area contributed by atoms with E-state index in [-0.39, 0.29) is 5.91 Å². The molecule has 4 nitrogen and oxygen atoms in total. The van der Waals surface area contributed by atoms with E-state index in [2.05, 4.69) is 17.5 Å². The fraction of sp³-hybridized carbons (Fsp3) is 0.100. The first-order valence-electron chi connectivity index (χ1n) is 7.85. The van der Waals surface area contributed by atoms with Crippen LogP contribution >= 0.6 is 23.1 Å². The summed E-state index contributed by atoms with van der Waals surface area (Å²) in [7, 11) is 1.53. The Labute approximate surface area is 160 Å². The number of hydrogen-bond donors (Lipinski definition) is 1. The Morgan fingerprint density at radius 1 is 1.23 bits per heavy atom. The van der Waals surface area contributed by atoms with Gasteiger partial charge in [0, 0.05) is 15.5 Å². The van der Waals surface area contributed by atoms with Gasteiger partial charge in [0.15, 0.2) is 0 Å². The van der Waals surface area contributed by atoms with Crippen molar-refractivity contribution in [2.24, 2.45) is 0 Å². The summed E-state index contributed by atoms with van der Waals surface area (Å²) in [6.45, 7) is 0. The number of thiophene rings is 1. The smallest absolute Gasteiger partial charge is 0.256 e. The molecule has 0 aliphatic rings. The van der Waals surface area contributed by atoms with Crippen molar-refractivity contribution < 1.29 is 9.53 Å². The molecule has 0 saturated carbocycles. The topological polar surface area (TPSA) is 62.1 Å². The molecule has 1 aromatic heterocycles. The van der Waals surface area contributed by atoms with Crippen LogP contribution in [0.4, 0.5) is 5.69 Å². The summed E-state index contributed by atoms with van der Waals surface area (Å²) in [4.78, 5) is 15.0. The normalized spacial score (nSPS) is 10.2. The second-order valence-electron chi connectivity index (χ2n) is 5.35. The van der Waals surface area contributed by atoms with Crippen LogP contribution in [-0.2, 0) is 5.75 Å². The molecular weight excluding hydrogens is 364 g/mol. The third kappa shape index (κ3) is 4.26. The molecule has 1 amide bonds. The van der Waals surface area contributed by atoms with E-state index in [0.29, 0.717) is 22.6 Å². The zero-order chi connectivity index (χ0) is 18.4. The third-order valence-electron chi connectivity index (χ3n) is 3.66. The Bertz CT molecular complexity index is 947. The van der Waals surface area contributed by atoms with E-state index in [0.717, 1.165) is 10.6 Å². The number of benzene rings is 2. The van der Waals surface area contributed by atoms with Crippen molar-refractivity contribution >= 4 is 34.7 Å². The average molecular weight is 380 g/mol. The number of carbonyl (C=O) groups excluding carboxylic acids is 1. The largest absolute Gasteiger partial charge is 0.495 e. The third-order valence-corrected chi connectivity index (χ3v) is 5.84. The Morgan fingerprint density at radius 3 is 2.81 bits per heavy atom. The highest BCUT2D eigenvalue weighted by Gasteiger charge is 2.14. The standard InChI is InChI=1S/C20H16N2O2S2/c1-24-18-9-8-14(12-21)11-17(18)22-20(23)16-6-2-3-7-19(16)26-13-15-5-4-10-25-15/h2-11H,13H2,1H3,(H,22,23). The molecule has 0 bridgehead atoms. The summed E-state index contributed by atoms with van der Waals surface area (Å²) in [6.07, 6.45) is 0. The summed E-state index contributed by atoms with van der Waals surface area (Å²) < 4.78 is 5.28. The molecule has 1 N–H and O–H groups in total. The maximum Gasteiger partial charge on any atom is 0.256 e. The Morgan fingerprint density at radius 2 is 2.08 bits per heavy atom. The quantitative estimate of drug-likeness (QED) is 0.599. The van der Waals surface area contributed by atoms with Crippen LogP contribution in [0.25, 0.3) is 0 Å². The first kappa shape index (κ1) is 18.1. The predicted octanol–water partition coefficient (Wildman–Crippen LogP) is 5.17. The van der Waals surface area contributed by atoms with E-state index in [1.165, 1.54) is 12.0 Å². The summed E-state index contributed by atoms with van der Waals surface area (Å²) in [5.41, 5.74) is 1.54. The number of nitriles is 1. The number of amides is 1. The SMILES string of the molecule is COc1ccc(C#N)cc1NC(=O)c1ccccc1SCc1cccs1. The lowest BCUT2D eigenvalue weighted by Gasteiger charge is -2.12. The van der Waals surface area contributed by atoms with E-state index >= 15 is 0 Å². The molecule has 0 spiro atoms. The summed E-state index contributed by atoms with van der Waals surface area (Å²) in [5, 5.41) is 14.0. The summed E-state index contributed by atoms with van der Waals surface area (Å²) >= 11 is 3.33. The van der Waals surface area contributed by atoms with Gasteiger partial charge in [-0.3, -0.25) is 4.79 Å². The molecule has 6 heteroatoms. The van der Waals surface area contributed by atoms with Gasteiger partial charge in [0.25, 0.3) is 5.91 Å². The number of nitrogens with zero attached hydrogens (tertiary/aromatic N) is 1. The van der Waals surface area contributed by atoms with E-state index in [1.54, 1.807) is 47.4 Å². The number of hydrogen-bond acceptors (Lipinski definition) is 5. The molecule has 26 heavy (non-hydrogen) atoms. The molecule has 0 unspecified atom stereocenters. The van der Waals surface area contributed by atoms with Crippen molar-refractivity contribution in [3.63, 3.8) is 0 Å². The maximum atomic E-state index is 12.8. The fourth-order valence-corrected chi connectivity index (χ4v) is 4.21. The second kappa shape index (κ2) is 8.56. The van der Waals surface area contributed by atoms with Crippen LogP contribution in [0.15, 0.2) is 64.9 Å². The van der Waals surface area contributed by atoms with Crippen molar-refractivity contribution in [1.29, 1.82) is 5.26 Å². The van der Waals surface area contributed by atoms with E-state index < -0.39 is 0 Å². The molecule has 3 rings (SSSR count). The van der Waals surface area contributed by atoms with Gasteiger partial charge in [-0.05, 0) is 41.8 Å². The Kier molecular flexibility index (Phi) is 5.95. The average Bonchev–Trinajstić information content (AvgIpc) is 3.20. The van der Waals surface area contributed by atoms with Crippen LogP contribution in [0.5, 0.6) is 5.75 Å². The molecule has 130 valence electrons. The molecule has 0 aliphatic carbocycles. The minimum atomic E-state index is -0.229. The van der Waals surface area contributed by atoms with Crippen LogP contribution in [0, 0.1) is 11.3 Å². The van der Waals surface area contributed by atoms with Crippen molar-refractivity contribution in [3.8, 4) is 11.8 Å². The number of rotatable bonds is 6. The van der Waals surface area contributed by atoms with Gasteiger partial charge in [-0.2, -0.15) is 5.26 Å². The molecule has 0 radical (unpaired) electrons. The van der Waals surface area contributed by atoms with Gasteiger partial charge < -0.3 is 10.1 Å². The Hall–Kier alpha value is -2.75. The summed E-state index contributed by atoms with van der Waals surface area (Å²) in [5.74, 6) is 1.10. The van der Waals surface area contributed by atoms with E-state index in [1.807, 2.05) is 29.6 Å². The van der Waals surface area contributed by atoms with Crippen molar-refractivity contribution in [1.82, 2.24) is 0 Å².